The van der Waals surface area contributed by atoms with Gasteiger partial charge in [-0.1, -0.05) is 25.7 Å². The van der Waals surface area contributed by atoms with Crippen LogP contribution in [-0.2, 0) is 9.59 Å². The molecule has 0 bridgehead atoms. The zero-order chi connectivity index (χ0) is 13.1. The van der Waals surface area contributed by atoms with E-state index >= 15 is 0 Å². The normalized spacial score (nSPS) is 27.1. The molecule has 2 fully saturated rings. The van der Waals surface area contributed by atoms with Crippen molar-refractivity contribution in [3.05, 3.63) is 0 Å². The number of hydrogen-bond donors (Lipinski definition) is 1. The Morgan fingerprint density at radius 3 is 2.22 bits per heavy atom. The van der Waals surface area contributed by atoms with E-state index in [4.69, 9.17) is 0 Å². The molecule has 1 saturated heterocycles. The van der Waals surface area contributed by atoms with Gasteiger partial charge in [0.15, 0.2) is 0 Å². The number of carbonyl (C=O) groups excluding carboxylic acids is 2. The van der Waals surface area contributed by atoms with Gasteiger partial charge in [0.2, 0.25) is 11.8 Å². The molecule has 0 spiro atoms. The van der Waals surface area contributed by atoms with Crippen LogP contribution in [0.3, 0.4) is 0 Å². The average Bonchev–Trinajstić information content (AvgIpc) is 2.51. The number of likely N-dealkylation sites (tertiary alicyclic amines) is 1. The first-order valence-electron chi connectivity index (χ1n) is 7.21. The lowest BCUT2D eigenvalue weighted by Gasteiger charge is -2.22. The molecule has 0 radical (unpaired) electrons. The van der Waals surface area contributed by atoms with Crippen molar-refractivity contribution in [2.45, 2.75) is 76.9 Å². The summed E-state index contributed by atoms with van der Waals surface area (Å²) >= 11 is 0. The lowest BCUT2D eigenvalue weighted by molar-refractivity contribution is -0.140. The van der Waals surface area contributed by atoms with E-state index in [2.05, 4.69) is 5.32 Å². The fraction of sp³-hybridized carbons (Fsp3) is 0.857. The predicted octanol–water partition coefficient (Wildman–Crippen LogP) is 1.83. The van der Waals surface area contributed by atoms with E-state index in [0.29, 0.717) is 12.5 Å². The summed E-state index contributed by atoms with van der Waals surface area (Å²) in [5, 5.41) is 3.41. The number of nitrogens with zero attached hydrogens (tertiary/aromatic N) is 1. The van der Waals surface area contributed by atoms with E-state index in [-0.39, 0.29) is 23.9 Å². The summed E-state index contributed by atoms with van der Waals surface area (Å²) in [6.07, 6.45) is 7.69. The zero-order valence-corrected chi connectivity index (χ0v) is 11.4. The van der Waals surface area contributed by atoms with Gasteiger partial charge in [0, 0.05) is 12.1 Å². The molecule has 1 saturated carbocycles. The van der Waals surface area contributed by atoms with Crippen molar-refractivity contribution in [1.82, 2.24) is 10.2 Å². The summed E-state index contributed by atoms with van der Waals surface area (Å²) in [6, 6.07) is 0.121. The van der Waals surface area contributed by atoms with Gasteiger partial charge in [-0.2, -0.15) is 0 Å². The van der Waals surface area contributed by atoms with Crippen molar-refractivity contribution in [2.24, 2.45) is 0 Å². The molecular formula is C14H24N2O2. The molecule has 2 aliphatic rings. The van der Waals surface area contributed by atoms with Crippen LogP contribution in [0.4, 0.5) is 0 Å². The van der Waals surface area contributed by atoms with Crippen molar-refractivity contribution in [1.29, 1.82) is 0 Å². The second-order valence-corrected chi connectivity index (χ2v) is 5.81. The summed E-state index contributed by atoms with van der Waals surface area (Å²) in [5.41, 5.74) is 0. The molecule has 18 heavy (non-hydrogen) atoms. The third kappa shape index (κ3) is 2.91. The van der Waals surface area contributed by atoms with Crippen molar-refractivity contribution in [3.63, 3.8) is 0 Å². The standard InChI is InChI=1S/C14H24N2O2/c1-10(2)16-13(17)9-12(14(16)18)15-11-7-5-3-4-6-8-11/h10-12,15H,3-9H2,1-2H3. The number of rotatable bonds is 3. The first kappa shape index (κ1) is 13.5. The van der Waals surface area contributed by atoms with E-state index in [9.17, 15) is 9.59 Å². The Morgan fingerprint density at radius 1 is 1.11 bits per heavy atom. The van der Waals surface area contributed by atoms with Crippen LogP contribution in [0.5, 0.6) is 0 Å². The fourth-order valence-corrected chi connectivity index (χ4v) is 3.05. The number of amides is 2. The van der Waals surface area contributed by atoms with Crippen LogP contribution in [0.1, 0.15) is 58.8 Å². The summed E-state index contributed by atoms with van der Waals surface area (Å²) in [4.78, 5) is 25.4. The Hall–Kier alpha value is -0.900. The van der Waals surface area contributed by atoms with Crippen LogP contribution >= 0.6 is 0 Å². The summed E-state index contributed by atoms with van der Waals surface area (Å²) in [7, 11) is 0. The maximum atomic E-state index is 12.2. The van der Waals surface area contributed by atoms with Gasteiger partial charge in [-0.3, -0.25) is 14.5 Å². The average molecular weight is 252 g/mol. The zero-order valence-electron chi connectivity index (χ0n) is 11.4. The number of carbonyl (C=O) groups is 2. The molecule has 2 amide bonds. The topological polar surface area (TPSA) is 49.4 Å². The van der Waals surface area contributed by atoms with Gasteiger partial charge >= 0.3 is 0 Å². The SMILES string of the molecule is CC(C)N1C(=O)CC(NC2CCCCCC2)C1=O. The molecule has 0 aromatic carbocycles. The van der Waals surface area contributed by atoms with Crippen LogP contribution < -0.4 is 5.32 Å². The number of nitrogens with one attached hydrogen (secondary N) is 1. The lowest BCUT2D eigenvalue weighted by atomic mass is 10.1. The Labute approximate surface area is 109 Å². The maximum absolute atomic E-state index is 12.2. The van der Waals surface area contributed by atoms with Gasteiger partial charge in [-0.15, -0.1) is 0 Å². The maximum Gasteiger partial charge on any atom is 0.247 e. The highest BCUT2D eigenvalue weighted by molar-refractivity contribution is 6.05. The second-order valence-electron chi connectivity index (χ2n) is 5.81. The third-order valence-electron chi connectivity index (χ3n) is 3.99. The molecule has 1 aliphatic heterocycles. The highest BCUT2D eigenvalue weighted by atomic mass is 16.2. The van der Waals surface area contributed by atoms with Crippen LogP contribution in [0.25, 0.3) is 0 Å². The minimum absolute atomic E-state index is 0.0223. The van der Waals surface area contributed by atoms with E-state index < -0.39 is 0 Å². The van der Waals surface area contributed by atoms with Gasteiger partial charge in [0.25, 0.3) is 0 Å². The minimum Gasteiger partial charge on any atom is -0.303 e. The molecule has 1 atom stereocenters. The molecule has 2 rings (SSSR count). The van der Waals surface area contributed by atoms with E-state index in [1.807, 2.05) is 13.8 Å². The number of hydrogen-bond acceptors (Lipinski definition) is 3. The molecule has 0 aromatic rings. The van der Waals surface area contributed by atoms with Crippen molar-refractivity contribution in [2.75, 3.05) is 0 Å². The largest absolute Gasteiger partial charge is 0.303 e. The quantitative estimate of drug-likeness (QED) is 0.616. The molecule has 0 aromatic heterocycles. The van der Waals surface area contributed by atoms with Gasteiger partial charge < -0.3 is 5.32 Å². The lowest BCUT2D eigenvalue weighted by Crippen LogP contribution is -2.45. The molecule has 1 aliphatic carbocycles. The summed E-state index contributed by atoms with van der Waals surface area (Å²) in [5.74, 6) is -0.0552. The molecular weight excluding hydrogens is 228 g/mol. The first-order chi connectivity index (χ1) is 8.59. The summed E-state index contributed by atoms with van der Waals surface area (Å²) in [6.45, 7) is 3.79. The number of imide groups is 1. The Balaban J connectivity index is 1.94. The minimum atomic E-state index is -0.275. The van der Waals surface area contributed by atoms with E-state index in [0.717, 1.165) is 12.8 Å². The Kier molecular flexibility index (Phi) is 4.38. The summed E-state index contributed by atoms with van der Waals surface area (Å²) < 4.78 is 0. The highest BCUT2D eigenvalue weighted by Crippen LogP contribution is 2.21. The van der Waals surface area contributed by atoms with Crippen molar-refractivity contribution < 1.29 is 9.59 Å². The van der Waals surface area contributed by atoms with Crippen molar-refractivity contribution >= 4 is 11.8 Å². The van der Waals surface area contributed by atoms with Gasteiger partial charge in [-0.25, -0.2) is 0 Å². The van der Waals surface area contributed by atoms with Crippen LogP contribution in [0.2, 0.25) is 0 Å². The van der Waals surface area contributed by atoms with Gasteiger partial charge in [0.1, 0.15) is 0 Å². The van der Waals surface area contributed by atoms with E-state index in [1.54, 1.807) is 0 Å². The van der Waals surface area contributed by atoms with Gasteiger partial charge in [0.05, 0.1) is 12.5 Å². The fourth-order valence-electron chi connectivity index (χ4n) is 3.05. The molecule has 4 nitrogen and oxygen atoms in total. The second kappa shape index (κ2) is 5.83. The smallest absolute Gasteiger partial charge is 0.247 e. The molecule has 102 valence electrons. The predicted molar refractivity (Wildman–Crippen MR) is 70.0 cm³/mol. The monoisotopic (exact) mass is 252 g/mol. The molecule has 1 unspecified atom stereocenters. The third-order valence-corrected chi connectivity index (χ3v) is 3.99. The van der Waals surface area contributed by atoms with Gasteiger partial charge in [-0.05, 0) is 26.7 Å². The Bertz CT molecular complexity index is 320. The first-order valence-corrected chi connectivity index (χ1v) is 7.21. The van der Waals surface area contributed by atoms with E-state index in [1.165, 1.54) is 30.6 Å². The Morgan fingerprint density at radius 2 is 1.72 bits per heavy atom. The van der Waals surface area contributed by atoms with Crippen LogP contribution in [0.15, 0.2) is 0 Å². The van der Waals surface area contributed by atoms with Crippen LogP contribution in [-0.4, -0.2) is 34.8 Å². The molecule has 4 heteroatoms. The molecule has 1 N–H and O–H groups in total. The van der Waals surface area contributed by atoms with Crippen molar-refractivity contribution in [3.8, 4) is 0 Å². The van der Waals surface area contributed by atoms with Crippen LogP contribution in [0, 0.1) is 0 Å². The highest BCUT2D eigenvalue weighted by Gasteiger charge is 2.40. The molecule has 1 heterocycles.